The molecule has 0 spiro atoms. The van der Waals surface area contributed by atoms with E-state index in [2.05, 4.69) is 25.4 Å². The van der Waals surface area contributed by atoms with E-state index in [0.717, 1.165) is 0 Å². The van der Waals surface area contributed by atoms with E-state index in [-0.39, 0.29) is 43.5 Å². The summed E-state index contributed by atoms with van der Waals surface area (Å²) < 4.78 is 37.4. The number of allylic oxidation sites excluding steroid dienone is 3. The number of aliphatic imine (C=N–C) groups is 1. The maximum Gasteiger partial charge on any atom is 0.251 e. The van der Waals surface area contributed by atoms with Crippen LogP contribution in [0.25, 0.3) is 11.0 Å². The molecule has 2 aliphatic rings. The van der Waals surface area contributed by atoms with Crippen LogP contribution in [0.1, 0.15) is 6.92 Å². The number of aliphatic hydroxyl groups is 2. The van der Waals surface area contributed by atoms with Gasteiger partial charge in [0, 0.05) is 49.6 Å². The number of halogens is 2. The molecular formula is C22H30F2N8O3. The molecule has 1 saturated heterocycles. The van der Waals surface area contributed by atoms with Crippen LogP contribution in [0.15, 0.2) is 40.6 Å². The van der Waals surface area contributed by atoms with Crippen LogP contribution >= 0.6 is 0 Å². The van der Waals surface area contributed by atoms with E-state index in [1.165, 1.54) is 28.1 Å². The topological polar surface area (TPSA) is 147 Å². The number of nitrogens with zero attached hydrogens (tertiary/aromatic N) is 6. The van der Waals surface area contributed by atoms with Crippen molar-refractivity contribution in [3.8, 4) is 0 Å². The molecule has 0 radical (unpaired) electrons. The van der Waals surface area contributed by atoms with E-state index in [0.29, 0.717) is 43.0 Å². The van der Waals surface area contributed by atoms with E-state index in [1.807, 2.05) is 0 Å². The van der Waals surface area contributed by atoms with Gasteiger partial charge in [0.2, 0.25) is 0 Å². The van der Waals surface area contributed by atoms with Gasteiger partial charge in [0.1, 0.15) is 12.0 Å². The molecule has 0 amide bonds. The number of aromatic nitrogens is 4. The molecule has 2 aromatic rings. The third kappa shape index (κ3) is 5.54. The van der Waals surface area contributed by atoms with Crippen molar-refractivity contribution in [2.45, 2.75) is 25.9 Å². The lowest BCUT2D eigenvalue weighted by Crippen LogP contribution is -2.46. The van der Waals surface area contributed by atoms with Gasteiger partial charge in [0.05, 0.1) is 43.6 Å². The van der Waals surface area contributed by atoms with Gasteiger partial charge in [-0.25, -0.2) is 23.4 Å². The number of fused-ring (bicyclic) bond motifs is 1. The van der Waals surface area contributed by atoms with Crippen molar-refractivity contribution in [2.24, 2.45) is 16.6 Å². The lowest BCUT2D eigenvalue weighted by atomic mass is 9.90. The van der Waals surface area contributed by atoms with Crippen molar-refractivity contribution < 1.29 is 23.7 Å². The fourth-order valence-corrected chi connectivity index (χ4v) is 4.06. The van der Waals surface area contributed by atoms with Gasteiger partial charge in [-0.15, -0.1) is 0 Å². The van der Waals surface area contributed by atoms with Crippen LogP contribution in [-0.2, 0) is 11.3 Å². The third-order valence-corrected chi connectivity index (χ3v) is 5.93. The van der Waals surface area contributed by atoms with Crippen molar-refractivity contribution in [1.82, 2.24) is 30.0 Å². The summed E-state index contributed by atoms with van der Waals surface area (Å²) in [6.07, 6.45) is 2.00. The summed E-state index contributed by atoms with van der Waals surface area (Å²) in [6.45, 7) is 3.11. The van der Waals surface area contributed by atoms with E-state index < -0.39 is 24.1 Å². The molecule has 3 heterocycles. The second-order valence-electron chi connectivity index (χ2n) is 8.43. The maximum absolute atomic E-state index is 15.6. The van der Waals surface area contributed by atoms with Gasteiger partial charge in [0.25, 0.3) is 5.95 Å². The van der Waals surface area contributed by atoms with Crippen LogP contribution in [0.3, 0.4) is 0 Å². The first-order valence-electron chi connectivity index (χ1n) is 11.5. The zero-order chi connectivity index (χ0) is 24.9. The van der Waals surface area contributed by atoms with Gasteiger partial charge in [-0.2, -0.15) is 10.1 Å². The van der Waals surface area contributed by atoms with Crippen molar-refractivity contribution in [3.63, 3.8) is 0 Å². The Bertz CT molecular complexity index is 1140. The minimum atomic E-state index is -1.56. The number of morpholine rings is 1. The highest BCUT2D eigenvalue weighted by Gasteiger charge is 2.35. The van der Waals surface area contributed by atoms with Crippen molar-refractivity contribution >= 4 is 22.7 Å². The first-order valence-corrected chi connectivity index (χ1v) is 11.5. The normalized spacial score (nSPS) is 23.8. The molecule has 3 unspecified atom stereocenters. The Balaban J connectivity index is 1.63. The molecule has 0 saturated carbocycles. The van der Waals surface area contributed by atoms with Crippen LogP contribution in [0, 0.1) is 5.92 Å². The van der Waals surface area contributed by atoms with Gasteiger partial charge in [-0.1, -0.05) is 13.0 Å². The quantitative estimate of drug-likeness (QED) is 0.284. The SMILES string of the molecule is CC1C=C(N2CCOCC2O)C(F)=C(Cn2ncc3cnc(N=C(CN)CNCCO)nc32)C1F. The van der Waals surface area contributed by atoms with Gasteiger partial charge in [0.15, 0.2) is 11.9 Å². The summed E-state index contributed by atoms with van der Waals surface area (Å²) in [4.78, 5) is 14.5. The molecule has 190 valence electrons. The predicted octanol–water partition coefficient (Wildman–Crippen LogP) is 0.185. The fraction of sp³-hybridized carbons (Fsp3) is 0.545. The molecule has 11 nitrogen and oxygen atoms in total. The van der Waals surface area contributed by atoms with Crippen molar-refractivity contribution in [2.75, 3.05) is 46.0 Å². The largest absolute Gasteiger partial charge is 0.395 e. The zero-order valence-electron chi connectivity index (χ0n) is 19.4. The highest BCUT2D eigenvalue weighted by atomic mass is 19.1. The Morgan fingerprint density at radius 3 is 2.97 bits per heavy atom. The van der Waals surface area contributed by atoms with Crippen LogP contribution in [0.5, 0.6) is 0 Å². The molecule has 13 heteroatoms. The number of rotatable bonds is 9. The summed E-state index contributed by atoms with van der Waals surface area (Å²) >= 11 is 0. The van der Waals surface area contributed by atoms with Crippen molar-refractivity contribution in [1.29, 1.82) is 0 Å². The van der Waals surface area contributed by atoms with Gasteiger partial charge in [-0.3, -0.25) is 0 Å². The van der Waals surface area contributed by atoms with E-state index in [4.69, 9.17) is 15.6 Å². The number of hydrogen-bond donors (Lipinski definition) is 4. The summed E-state index contributed by atoms with van der Waals surface area (Å²) in [5.41, 5.74) is 6.80. The van der Waals surface area contributed by atoms with Crippen molar-refractivity contribution in [3.05, 3.63) is 35.6 Å². The summed E-state index contributed by atoms with van der Waals surface area (Å²) in [5.74, 6) is -1.16. The number of aliphatic hydroxyl groups excluding tert-OH is 2. The van der Waals surface area contributed by atoms with Crippen LogP contribution in [0.4, 0.5) is 14.7 Å². The molecule has 2 aromatic heterocycles. The smallest absolute Gasteiger partial charge is 0.251 e. The molecule has 0 aromatic carbocycles. The van der Waals surface area contributed by atoms with Crippen LogP contribution in [0.2, 0.25) is 0 Å². The molecule has 1 fully saturated rings. The average Bonchev–Trinajstić information content (AvgIpc) is 3.26. The number of ether oxygens (including phenoxy) is 1. The van der Waals surface area contributed by atoms with Gasteiger partial charge in [-0.05, 0) is 0 Å². The molecule has 35 heavy (non-hydrogen) atoms. The van der Waals surface area contributed by atoms with Crippen LogP contribution < -0.4 is 11.1 Å². The first kappa shape index (κ1) is 25.3. The molecule has 5 N–H and O–H groups in total. The Kier molecular flexibility index (Phi) is 8.13. The number of nitrogens with one attached hydrogen (secondary N) is 1. The predicted molar refractivity (Wildman–Crippen MR) is 125 cm³/mol. The fourth-order valence-electron chi connectivity index (χ4n) is 4.06. The molecule has 0 bridgehead atoms. The molecule has 3 atom stereocenters. The van der Waals surface area contributed by atoms with Gasteiger partial charge < -0.3 is 30.9 Å². The standard InChI is InChI=1S/C22H30F2N8O3/c1-13-6-17(31-3-5-35-12-18(31)34)20(24)16(19(13)23)11-32-21-14(9-28-32)8-27-22(30-21)29-15(7-25)10-26-2-4-33/h6,8-9,13,18-19,26,33-34H,2-5,7,10-12,25H2,1H3. The Morgan fingerprint density at radius 2 is 2.23 bits per heavy atom. The number of nitrogens with two attached hydrogens (primary N) is 1. The average molecular weight is 493 g/mol. The lowest BCUT2D eigenvalue weighted by molar-refractivity contribution is -0.0898. The summed E-state index contributed by atoms with van der Waals surface area (Å²) in [6, 6.07) is 0. The second-order valence-corrected chi connectivity index (χ2v) is 8.43. The molecule has 1 aliphatic carbocycles. The summed E-state index contributed by atoms with van der Waals surface area (Å²) in [7, 11) is 0. The minimum absolute atomic E-state index is 0.0124. The monoisotopic (exact) mass is 492 g/mol. The highest BCUT2D eigenvalue weighted by Crippen LogP contribution is 2.36. The highest BCUT2D eigenvalue weighted by molar-refractivity contribution is 5.90. The Hall–Kier alpha value is -2.84. The van der Waals surface area contributed by atoms with Gasteiger partial charge >= 0.3 is 0 Å². The zero-order valence-corrected chi connectivity index (χ0v) is 19.4. The summed E-state index contributed by atoms with van der Waals surface area (Å²) in [5, 5.41) is 27.0. The number of hydrogen-bond acceptors (Lipinski definition) is 10. The Labute approximate surface area is 201 Å². The lowest BCUT2D eigenvalue weighted by Gasteiger charge is -2.38. The molecular weight excluding hydrogens is 462 g/mol. The number of alkyl halides is 1. The van der Waals surface area contributed by atoms with E-state index in [9.17, 15) is 5.11 Å². The third-order valence-electron chi connectivity index (χ3n) is 5.93. The van der Waals surface area contributed by atoms with Crippen LogP contribution in [-0.4, -0.2) is 99.0 Å². The first-order chi connectivity index (χ1) is 16.9. The second kappa shape index (κ2) is 11.3. The van der Waals surface area contributed by atoms with E-state index in [1.54, 1.807) is 6.92 Å². The van der Waals surface area contributed by atoms with E-state index >= 15 is 8.78 Å². The minimum Gasteiger partial charge on any atom is -0.395 e. The molecule has 1 aliphatic heterocycles. The maximum atomic E-state index is 15.6. The Morgan fingerprint density at radius 1 is 1.40 bits per heavy atom. The molecule has 4 rings (SSSR count).